The van der Waals surface area contributed by atoms with Crippen molar-refractivity contribution in [3.8, 4) is 5.75 Å². The molecule has 116 valence electrons. The van der Waals surface area contributed by atoms with Crippen LogP contribution in [-0.4, -0.2) is 62.0 Å². The van der Waals surface area contributed by atoms with E-state index >= 15 is 0 Å². The van der Waals surface area contributed by atoms with Crippen LogP contribution >= 0.6 is 11.6 Å². The minimum atomic E-state index is 0.110. The molecule has 2 rings (SSSR count). The highest BCUT2D eigenvalue weighted by molar-refractivity contribution is 6.32. The van der Waals surface area contributed by atoms with Crippen LogP contribution in [0.3, 0.4) is 0 Å². The summed E-state index contributed by atoms with van der Waals surface area (Å²) in [5.74, 6) is 0.706. The Morgan fingerprint density at radius 1 is 1.43 bits per heavy atom. The van der Waals surface area contributed by atoms with E-state index < -0.39 is 0 Å². The molecule has 1 aromatic carbocycles. The van der Waals surface area contributed by atoms with E-state index in [-0.39, 0.29) is 5.78 Å². The lowest BCUT2D eigenvalue weighted by Crippen LogP contribution is -2.52. The van der Waals surface area contributed by atoms with E-state index in [0.29, 0.717) is 28.9 Å². The van der Waals surface area contributed by atoms with Crippen LogP contribution in [0.4, 0.5) is 0 Å². The SMILES string of the molecule is CCC1CN(CC(=O)c2ccc(OC)c(Cl)c2)CCN1C. The maximum absolute atomic E-state index is 12.4. The van der Waals surface area contributed by atoms with Gasteiger partial charge in [-0.3, -0.25) is 9.69 Å². The molecule has 1 saturated heterocycles. The van der Waals surface area contributed by atoms with Gasteiger partial charge in [0.15, 0.2) is 5.78 Å². The van der Waals surface area contributed by atoms with Crippen molar-refractivity contribution >= 4 is 17.4 Å². The number of rotatable bonds is 5. The summed E-state index contributed by atoms with van der Waals surface area (Å²) >= 11 is 6.08. The third-order valence-electron chi connectivity index (χ3n) is 4.17. The molecule has 0 aromatic heterocycles. The summed E-state index contributed by atoms with van der Waals surface area (Å²) in [6.07, 6.45) is 1.11. The number of ketones is 1. The van der Waals surface area contributed by atoms with E-state index in [1.54, 1.807) is 25.3 Å². The first kappa shape index (κ1) is 16.3. The van der Waals surface area contributed by atoms with Gasteiger partial charge in [0.2, 0.25) is 0 Å². The number of halogens is 1. The fraction of sp³-hybridized carbons (Fsp3) is 0.562. The van der Waals surface area contributed by atoms with Crippen LogP contribution < -0.4 is 4.74 Å². The first-order chi connectivity index (χ1) is 10.0. The van der Waals surface area contributed by atoms with Gasteiger partial charge >= 0.3 is 0 Å². The highest BCUT2D eigenvalue weighted by Gasteiger charge is 2.24. The molecule has 1 heterocycles. The average Bonchev–Trinajstić information content (AvgIpc) is 2.49. The quantitative estimate of drug-likeness (QED) is 0.783. The second-order valence-electron chi connectivity index (χ2n) is 5.55. The lowest BCUT2D eigenvalue weighted by molar-refractivity contribution is 0.0743. The highest BCUT2D eigenvalue weighted by Crippen LogP contribution is 2.25. The zero-order chi connectivity index (χ0) is 15.4. The zero-order valence-electron chi connectivity index (χ0n) is 12.9. The molecule has 4 nitrogen and oxygen atoms in total. The predicted octanol–water partition coefficient (Wildman–Crippen LogP) is 2.56. The summed E-state index contributed by atoms with van der Waals surface area (Å²) in [5.41, 5.74) is 0.646. The van der Waals surface area contributed by atoms with Gasteiger partial charge in [0.25, 0.3) is 0 Å². The van der Waals surface area contributed by atoms with Crippen LogP contribution in [0.5, 0.6) is 5.75 Å². The van der Waals surface area contributed by atoms with E-state index in [9.17, 15) is 4.79 Å². The fourth-order valence-corrected chi connectivity index (χ4v) is 2.99. The number of Topliss-reactive ketones (excluding diaryl/α,β-unsaturated/α-hetero) is 1. The molecule has 0 N–H and O–H groups in total. The van der Waals surface area contributed by atoms with Gasteiger partial charge in [-0.15, -0.1) is 0 Å². The molecule has 21 heavy (non-hydrogen) atoms. The molecule has 1 atom stereocenters. The Kier molecular flexibility index (Phi) is 5.62. The molecule has 0 bridgehead atoms. The van der Waals surface area contributed by atoms with Gasteiger partial charge in [-0.25, -0.2) is 0 Å². The maximum Gasteiger partial charge on any atom is 0.176 e. The van der Waals surface area contributed by atoms with E-state index in [1.165, 1.54) is 0 Å². The van der Waals surface area contributed by atoms with Gasteiger partial charge in [-0.2, -0.15) is 0 Å². The number of methoxy groups -OCH3 is 1. The molecule has 0 saturated carbocycles. The standard InChI is InChI=1S/C16H23ClN2O2/c1-4-13-10-19(8-7-18(13)2)11-15(20)12-5-6-16(21-3)14(17)9-12/h5-6,9,13H,4,7-8,10-11H2,1-3H3. The number of ether oxygens (including phenoxy) is 1. The monoisotopic (exact) mass is 310 g/mol. The van der Waals surface area contributed by atoms with Crippen molar-refractivity contribution in [1.82, 2.24) is 9.80 Å². The second kappa shape index (κ2) is 7.25. The van der Waals surface area contributed by atoms with Gasteiger partial charge in [-0.1, -0.05) is 18.5 Å². The van der Waals surface area contributed by atoms with Crippen molar-refractivity contribution in [2.75, 3.05) is 40.3 Å². The molecule has 1 aliphatic heterocycles. The van der Waals surface area contributed by atoms with Gasteiger partial charge in [0.1, 0.15) is 5.75 Å². The Labute approximate surface area is 131 Å². The molecule has 1 fully saturated rings. The maximum atomic E-state index is 12.4. The molecule has 5 heteroatoms. The number of hydrogen-bond acceptors (Lipinski definition) is 4. The number of carbonyl (C=O) groups is 1. The van der Waals surface area contributed by atoms with Crippen LogP contribution in [0.2, 0.25) is 5.02 Å². The second-order valence-corrected chi connectivity index (χ2v) is 5.96. The Hall–Kier alpha value is -1.10. The molecular weight excluding hydrogens is 288 g/mol. The first-order valence-corrected chi connectivity index (χ1v) is 7.72. The van der Waals surface area contributed by atoms with Gasteiger partial charge < -0.3 is 9.64 Å². The first-order valence-electron chi connectivity index (χ1n) is 7.34. The van der Waals surface area contributed by atoms with Crippen LogP contribution in [0.25, 0.3) is 0 Å². The summed E-state index contributed by atoms with van der Waals surface area (Å²) in [6, 6.07) is 5.75. The van der Waals surface area contributed by atoms with Crippen LogP contribution in [-0.2, 0) is 0 Å². The van der Waals surface area contributed by atoms with E-state index in [1.807, 2.05) is 0 Å². The van der Waals surface area contributed by atoms with Crippen LogP contribution in [0, 0.1) is 0 Å². The Balaban J connectivity index is 1.99. The van der Waals surface area contributed by atoms with Crippen LogP contribution in [0.1, 0.15) is 23.7 Å². The predicted molar refractivity (Wildman–Crippen MR) is 85.5 cm³/mol. The van der Waals surface area contributed by atoms with E-state index in [4.69, 9.17) is 16.3 Å². The molecular formula is C16H23ClN2O2. The largest absolute Gasteiger partial charge is 0.495 e. The normalized spacial score (nSPS) is 20.5. The minimum absolute atomic E-state index is 0.110. The van der Waals surface area contributed by atoms with Crippen molar-refractivity contribution in [1.29, 1.82) is 0 Å². The molecule has 0 radical (unpaired) electrons. The molecule has 1 aromatic rings. The lowest BCUT2D eigenvalue weighted by atomic mass is 10.1. The van der Waals surface area contributed by atoms with Crippen molar-refractivity contribution in [3.63, 3.8) is 0 Å². The van der Waals surface area contributed by atoms with Gasteiger partial charge in [0.05, 0.1) is 18.7 Å². The average molecular weight is 311 g/mol. The molecule has 1 unspecified atom stereocenters. The topological polar surface area (TPSA) is 32.8 Å². The fourth-order valence-electron chi connectivity index (χ4n) is 2.73. The Morgan fingerprint density at radius 3 is 2.81 bits per heavy atom. The van der Waals surface area contributed by atoms with Crippen molar-refractivity contribution < 1.29 is 9.53 Å². The number of piperazine rings is 1. The van der Waals surface area contributed by atoms with Crippen molar-refractivity contribution in [2.45, 2.75) is 19.4 Å². The smallest absolute Gasteiger partial charge is 0.176 e. The number of benzene rings is 1. The molecule has 0 aliphatic carbocycles. The van der Waals surface area contributed by atoms with Crippen LogP contribution in [0.15, 0.2) is 18.2 Å². The highest BCUT2D eigenvalue weighted by atomic mass is 35.5. The van der Waals surface area contributed by atoms with Crippen molar-refractivity contribution in [2.24, 2.45) is 0 Å². The third kappa shape index (κ3) is 3.96. The molecule has 0 amide bonds. The summed E-state index contributed by atoms with van der Waals surface area (Å²) in [6.45, 7) is 5.53. The summed E-state index contributed by atoms with van der Waals surface area (Å²) in [5, 5.41) is 0.480. The number of carbonyl (C=O) groups excluding carboxylic acids is 1. The van der Waals surface area contributed by atoms with Gasteiger partial charge in [-0.05, 0) is 31.7 Å². The summed E-state index contributed by atoms with van der Waals surface area (Å²) < 4.78 is 5.11. The van der Waals surface area contributed by atoms with E-state index in [0.717, 1.165) is 26.1 Å². The number of nitrogens with zero attached hydrogens (tertiary/aromatic N) is 2. The zero-order valence-corrected chi connectivity index (χ0v) is 13.7. The minimum Gasteiger partial charge on any atom is -0.495 e. The van der Waals surface area contributed by atoms with Gasteiger partial charge in [0, 0.05) is 31.2 Å². The Bertz CT molecular complexity index is 507. The number of hydrogen-bond donors (Lipinski definition) is 0. The number of likely N-dealkylation sites (N-methyl/N-ethyl adjacent to an activating group) is 1. The summed E-state index contributed by atoms with van der Waals surface area (Å²) in [7, 11) is 3.72. The molecule has 0 spiro atoms. The Morgan fingerprint density at radius 2 is 2.19 bits per heavy atom. The molecule has 1 aliphatic rings. The van der Waals surface area contributed by atoms with Crippen molar-refractivity contribution in [3.05, 3.63) is 28.8 Å². The lowest BCUT2D eigenvalue weighted by Gasteiger charge is -2.38. The summed E-state index contributed by atoms with van der Waals surface area (Å²) in [4.78, 5) is 17.0. The van der Waals surface area contributed by atoms with E-state index in [2.05, 4.69) is 23.8 Å². The third-order valence-corrected chi connectivity index (χ3v) is 4.47.